The van der Waals surface area contributed by atoms with Crippen LogP contribution in [0.25, 0.3) is 10.9 Å². The molecule has 1 atom stereocenters. The van der Waals surface area contributed by atoms with Gasteiger partial charge in [-0.05, 0) is 38.3 Å². The van der Waals surface area contributed by atoms with Crippen LogP contribution in [0, 0.1) is 0 Å². The highest BCUT2D eigenvalue weighted by molar-refractivity contribution is 6.39. The number of fused-ring (bicyclic) bond motifs is 1. The number of carbonyl (C=O) groups is 1. The summed E-state index contributed by atoms with van der Waals surface area (Å²) < 4.78 is 0. The molecule has 3 rings (SSSR count). The summed E-state index contributed by atoms with van der Waals surface area (Å²) in [6.45, 7) is 6.62. The maximum Gasteiger partial charge on any atom is 0.269 e. The van der Waals surface area contributed by atoms with Crippen LogP contribution in [0.15, 0.2) is 35.5 Å². The maximum absolute atomic E-state index is 12.3. The lowest BCUT2D eigenvalue weighted by molar-refractivity contribution is -0.127. The van der Waals surface area contributed by atoms with Gasteiger partial charge in [0.25, 0.3) is 5.91 Å². The summed E-state index contributed by atoms with van der Waals surface area (Å²) in [5, 5.41) is 1.24. The number of para-hydroxylation sites is 1. The van der Waals surface area contributed by atoms with Crippen LogP contribution in [0.1, 0.15) is 32.8 Å². The topological polar surface area (TPSA) is 48.5 Å². The van der Waals surface area contributed by atoms with Crippen molar-refractivity contribution >= 4 is 22.5 Å². The lowest BCUT2D eigenvalue weighted by Crippen LogP contribution is -2.45. The molecule has 1 aromatic carbocycles. The zero-order valence-corrected chi connectivity index (χ0v) is 12.8. The van der Waals surface area contributed by atoms with E-state index in [1.54, 1.807) is 0 Å². The molecule has 1 amide bonds. The third kappa shape index (κ3) is 2.24. The quantitative estimate of drug-likeness (QED) is 0.920. The Bertz CT molecular complexity index is 716. The number of hydrogen-bond acceptors (Lipinski definition) is 2. The largest absolute Gasteiger partial charge is 0.361 e. The van der Waals surface area contributed by atoms with Gasteiger partial charge in [0, 0.05) is 23.6 Å². The van der Waals surface area contributed by atoms with Gasteiger partial charge in [0.15, 0.2) is 0 Å². The van der Waals surface area contributed by atoms with Crippen molar-refractivity contribution < 1.29 is 4.79 Å². The predicted octanol–water partition coefficient (Wildman–Crippen LogP) is 3.14. The van der Waals surface area contributed by atoms with Crippen LogP contribution < -0.4 is 0 Å². The number of nitrogens with one attached hydrogen (secondary N) is 1. The maximum atomic E-state index is 12.3. The van der Waals surface area contributed by atoms with Gasteiger partial charge in [0.05, 0.1) is 5.71 Å². The third-order valence-corrected chi connectivity index (χ3v) is 4.49. The van der Waals surface area contributed by atoms with E-state index in [4.69, 9.17) is 0 Å². The summed E-state index contributed by atoms with van der Waals surface area (Å²) in [5.74, 6) is 0.0687. The van der Waals surface area contributed by atoms with E-state index < -0.39 is 0 Å². The molecule has 0 radical (unpaired) electrons. The Balaban J connectivity index is 1.80. The van der Waals surface area contributed by atoms with Crippen molar-refractivity contribution in [1.29, 1.82) is 0 Å². The van der Waals surface area contributed by atoms with Gasteiger partial charge in [-0.15, -0.1) is 0 Å². The van der Waals surface area contributed by atoms with E-state index in [2.05, 4.69) is 29.0 Å². The van der Waals surface area contributed by atoms with E-state index in [0.29, 0.717) is 12.3 Å². The van der Waals surface area contributed by atoms with Gasteiger partial charge in [-0.25, -0.2) is 0 Å². The van der Waals surface area contributed by atoms with Crippen molar-refractivity contribution in [2.45, 2.75) is 39.3 Å². The van der Waals surface area contributed by atoms with Crippen LogP contribution >= 0.6 is 0 Å². The second kappa shape index (κ2) is 5.02. The Morgan fingerprint density at radius 3 is 2.86 bits per heavy atom. The smallest absolute Gasteiger partial charge is 0.269 e. The van der Waals surface area contributed by atoms with Crippen LogP contribution in [0.4, 0.5) is 0 Å². The lowest BCUT2D eigenvalue weighted by atomic mass is 10.1. The number of aromatic amines is 1. The zero-order chi connectivity index (χ0) is 15.0. The number of rotatable bonds is 4. The Morgan fingerprint density at radius 1 is 1.33 bits per heavy atom. The standard InChI is InChI=1S/C17H21N3O/c1-4-17(3)19-12(2)16(21)20(17)10-9-13-11-18-15-8-6-5-7-14(13)15/h5-8,11,18H,4,9-10H2,1-3H3/t17-/m0/s1. The number of benzene rings is 1. The average molecular weight is 283 g/mol. The Labute approximate surface area is 124 Å². The molecule has 0 spiro atoms. The molecule has 4 heteroatoms. The van der Waals surface area contributed by atoms with Crippen molar-refractivity contribution in [1.82, 2.24) is 9.88 Å². The summed E-state index contributed by atoms with van der Waals surface area (Å²) in [4.78, 5) is 22.0. The molecule has 0 fully saturated rings. The molecule has 4 nitrogen and oxygen atoms in total. The first kappa shape index (κ1) is 13.9. The first-order valence-electron chi connectivity index (χ1n) is 7.48. The highest BCUT2D eigenvalue weighted by Crippen LogP contribution is 2.28. The molecule has 0 bridgehead atoms. The molecule has 2 aromatic rings. The minimum absolute atomic E-state index is 0.0687. The first-order chi connectivity index (χ1) is 10.0. The molecule has 0 saturated carbocycles. The number of hydrogen-bond donors (Lipinski definition) is 1. The van der Waals surface area contributed by atoms with E-state index >= 15 is 0 Å². The van der Waals surface area contributed by atoms with Gasteiger partial charge in [0.1, 0.15) is 5.66 Å². The highest BCUT2D eigenvalue weighted by Gasteiger charge is 2.39. The minimum atomic E-state index is -0.382. The monoisotopic (exact) mass is 283 g/mol. The van der Waals surface area contributed by atoms with Crippen LogP contribution in [0.3, 0.4) is 0 Å². The zero-order valence-electron chi connectivity index (χ0n) is 12.8. The van der Waals surface area contributed by atoms with Crippen LogP contribution in [-0.2, 0) is 11.2 Å². The van der Waals surface area contributed by atoms with Crippen LogP contribution in [0.5, 0.6) is 0 Å². The summed E-state index contributed by atoms with van der Waals surface area (Å²) in [7, 11) is 0. The highest BCUT2D eigenvalue weighted by atomic mass is 16.2. The molecule has 1 aromatic heterocycles. The van der Waals surface area contributed by atoms with Crippen molar-refractivity contribution in [3.8, 4) is 0 Å². The lowest BCUT2D eigenvalue weighted by Gasteiger charge is -2.32. The summed E-state index contributed by atoms with van der Waals surface area (Å²) in [5.41, 5.74) is 2.64. The average Bonchev–Trinajstić information content (AvgIpc) is 2.99. The van der Waals surface area contributed by atoms with E-state index in [1.165, 1.54) is 10.9 Å². The second-order valence-electron chi connectivity index (χ2n) is 5.83. The molecule has 1 aliphatic heterocycles. The Hall–Kier alpha value is -2.10. The third-order valence-electron chi connectivity index (χ3n) is 4.49. The summed E-state index contributed by atoms with van der Waals surface area (Å²) in [6.07, 6.45) is 3.72. The molecule has 110 valence electrons. The van der Waals surface area contributed by atoms with Gasteiger partial charge in [0.2, 0.25) is 0 Å². The van der Waals surface area contributed by atoms with Crippen molar-refractivity contribution in [3.63, 3.8) is 0 Å². The number of aliphatic imine (C=N–C) groups is 1. The van der Waals surface area contributed by atoms with Gasteiger partial charge in [-0.2, -0.15) is 0 Å². The van der Waals surface area contributed by atoms with Gasteiger partial charge < -0.3 is 9.88 Å². The number of aromatic nitrogens is 1. The van der Waals surface area contributed by atoms with E-state index in [9.17, 15) is 4.79 Å². The van der Waals surface area contributed by atoms with Gasteiger partial charge >= 0.3 is 0 Å². The number of H-pyrrole nitrogens is 1. The number of carbonyl (C=O) groups excluding carboxylic acids is 1. The normalized spacial score (nSPS) is 22.1. The minimum Gasteiger partial charge on any atom is -0.361 e. The molecule has 1 aliphatic rings. The van der Waals surface area contributed by atoms with Crippen LogP contribution in [0.2, 0.25) is 0 Å². The van der Waals surface area contributed by atoms with E-state index in [0.717, 1.165) is 18.4 Å². The molecule has 0 saturated heterocycles. The number of amides is 1. The Morgan fingerprint density at radius 2 is 2.10 bits per heavy atom. The van der Waals surface area contributed by atoms with Gasteiger partial charge in [-0.3, -0.25) is 9.79 Å². The second-order valence-corrected chi connectivity index (χ2v) is 5.83. The summed E-state index contributed by atoms with van der Waals surface area (Å²) in [6, 6.07) is 8.26. The Kier molecular flexibility index (Phi) is 3.32. The SMILES string of the molecule is CC[C@@]1(C)N=C(C)C(=O)N1CCc1c[nH]c2ccccc12. The molecule has 0 aliphatic carbocycles. The van der Waals surface area contributed by atoms with Crippen molar-refractivity contribution in [2.24, 2.45) is 4.99 Å². The molecular formula is C17H21N3O. The molecule has 1 N–H and O–H groups in total. The fourth-order valence-corrected chi connectivity index (χ4v) is 3.07. The first-order valence-corrected chi connectivity index (χ1v) is 7.48. The fourth-order valence-electron chi connectivity index (χ4n) is 3.07. The summed E-state index contributed by atoms with van der Waals surface area (Å²) >= 11 is 0. The molecular weight excluding hydrogens is 262 g/mol. The van der Waals surface area contributed by atoms with Crippen LogP contribution in [-0.4, -0.2) is 33.7 Å². The molecule has 0 unspecified atom stereocenters. The number of nitrogens with zero attached hydrogens (tertiary/aromatic N) is 2. The van der Waals surface area contributed by atoms with E-state index in [-0.39, 0.29) is 11.6 Å². The van der Waals surface area contributed by atoms with Crippen molar-refractivity contribution in [2.75, 3.05) is 6.54 Å². The predicted molar refractivity (Wildman–Crippen MR) is 85.5 cm³/mol. The van der Waals surface area contributed by atoms with Gasteiger partial charge in [-0.1, -0.05) is 25.1 Å². The molecule has 2 heterocycles. The van der Waals surface area contributed by atoms with Crippen molar-refractivity contribution in [3.05, 3.63) is 36.0 Å². The fraction of sp³-hybridized carbons (Fsp3) is 0.412. The molecule has 21 heavy (non-hydrogen) atoms. The van der Waals surface area contributed by atoms with E-state index in [1.807, 2.05) is 37.1 Å².